The van der Waals surface area contributed by atoms with Crippen LogP contribution in [0.5, 0.6) is 11.5 Å². The van der Waals surface area contributed by atoms with Gasteiger partial charge in [-0.2, -0.15) is 0 Å². The van der Waals surface area contributed by atoms with Gasteiger partial charge in [0.15, 0.2) is 11.5 Å². The van der Waals surface area contributed by atoms with Crippen molar-refractivity contribution in [3.8, 4) is 11.5 Å². The molecule has 1 aliphatic rings. The van der Waals surface area contributed by atoms with Gasteiger partial charge in [-0.3, -0.25) is 9.59 Å². The van der Waals surface area contributed by atoms with Crippen molar-refractivity contribution in [2.24, 2.45) is 0 Å². The molecule has 2 aromatic carbocycles. The van der Waals surface area contributed by atoms with Gasteiger partial charge in [-0.15, -0.1) is 0 Å². The van der Waals surface area contributed by atoms with E-state index in [-0.39, 0.29) is 11.8 Å². The van der Waals surface area contributed by atoms with Gasteiger partial charge < -0.3 is 24.4 Å². The Kier molecular flexibility index (Phi) is 7.08. The molecule has 0 atom stereocenters. The van der Waals surface area contributed by atoms with Crippen LogP contribution >= 0.6 is 0 Å². The highest BCUT2D eigenvalue weighted by Gasteiger charge is 2.18. The van der Waals surface area contributed by atoms with Gasteiger partial charge in [0.25, 0.3) is 11.8 Å². The summed E-state index contributed by atoms with van der Waals surface area (Å²) in [6, 6.07) is 12.4. The SMILES string of the molecule is COc1ccc(CCNC(=O)c2ccc(C(=O)N3CCOCC3)cc2)cc1OC. The van der Waals surface area contributed by atoms with Crippen LogP contribution in [0.25, 0.3) is 0 Å². The molecule has 7 nitrogen and oxygen atoms in total. The molecule has 0 spiro atoms. The lowest BCUT2D eigenvalue weighted by molar-refractivity contribution is 0.0303. The lowest BCUT2D eigenvalue weighted by Gasteiger charge is -2.26. The number of hydrogen-bond acceptors (Lipinski definition) is 5. The van der Waals surface area contributed by atoms with Crippen molar-refractivity contribution >= 4 is 11.8 Å². The molecule has 1 fully saturated rings. The summed E-state index contributed by atoms with van der Waals surface area (Å²) in [5.74, 6) is 1.13. The molecule has 0 saturated carbocycles. The van der Waals surface area contributed by atoms with E-state index < -0.39 is 0 Å². The molecule has 1 heterocycles. The standard InChI is InChI=1S/C22H26N2O5/c1-27-19-8-3-16(15-20(19)28-2)9-10-23-21(25)17-4-6-18(7-5-17)22(26)24-11-13-29-14-12-24/h3-8,15H,9-14H2,1-2H3,(H,23,25). The van der Waals surface area contributed by atoms with Gasteiger partial charge in [-0.1, -0.05) is 6.07 Å². The Bertz CT molecular complexity index is 845. The highest BCUT2D eigenvalue weighted by molar-refractivity contribution is 5.97. The minimum atomic E-state index is -0.171. The molecular formula is C22H26N2O5. The Hall–Kier alpha value is -3.06. The third kappa shape index (κ3) is 5.26. The number of carbonyl (C=O) groups excluding carboxylic acids is 2. The molecule has 0 aliphatic carbocycles. The van der Waals surface area contributed by atoms with Crippen LogP contribution < -0.4 is 14.8 Å². The smallest absolute Gasteiger partial charge is 0.254 e. The predicted molar refractivity (Wildman–Crippen MR) is 109 cm³/mol. The van der Waals surface area contributed by atoms with Gasteiger partial charge in [0.1, 0.15) is 0 Å². The minimum absolute atomic E-state index is 0.0336. The Balaban J connectivity index is 1.52. The Morgan fingerprint density at radius 3 is 2.28 bits per heavy atom. The zero-order valence-corrected chi connectivity index (χ0v) is 16.8. The van der Waals surface area contributed by atoms with E-state index in [1.165, 1.54) is 0 Å². The van der Waals surface area contributed by atoms with E-state index in [1.54, 1.807) is 43.4 Å². The zero-order valence-electron chi connectivity index (χ0n) is 16.8. The summed E-state index contributed by atoms with van der Waals surface area (Å²) < 4.78 is 15.8. The lowest BCUT2D eigenvalue weighted by atomic mass is 10.1. The maximum atomic E-state index is 12.5. The molecule has 3 rings (SSSR count). The van der Waals surface area contributed by atoms with Gasteiger partial charge in [0, 0.05) is 30.8 Å². The third-order valence-electron chi connectivity index (χ3n) is 4.84. The molecule has 0 aromatic heterocycles. The van der Waals surface area contributed by atoms with Crippen LogP contribution in [0.15, 0.2) is 42.5 Å². The summed E-state index contributed by atoms with van der Waals surface area (Å²) in [6.45, 7) is 2.80. The summed E-state index contributed by atoms with van der Waals surface area (Å²) in [4.78, 5) is 26.6. The fraction of sp³-hybridized carbons (Fsp3) is 0.364. The maximum absolute atomic E-state index is 12.5. The van der Waals surface area contributed by atoms with Crippen molar-refractivity contribution in [1.82, 2.24) is 10.2 Å². The molecule has 154 valence electrons. The number of carbonyl (C=O) groups is 2. The Morgan fingerprint density at radius 1 is 0.966 bits per heavy atom. The van der Waals surface area contributed by atoms with Crippen molar-refractivity contribution in [3.63, 3.8) is 0 Å². The fourth-order valence-electron chi connectivity index (χ4n) is 3.17. The lowest BCUT2D eigenvalue weighted by Crippen LogP contribution is -2.40. The second-order valence-corrected chi connectivity index (χ2v) is 6.68. The first-order chi connectivity index (χ1) is 14.1. The molecular weight excluding hydrogens is 372 g/mol. The van der Waals surface area contributed by atoms with E-state index in [0.717, 1.165) is 5.56 Å². The first-order valence-corrected chi connectivity index (χ1v) is 9.58. The number of benzene rings is 2. The highest BCUT2D eigenvalue weighted by atomic mass is 16.5. The number of rotatable bonds is 7. The quantitative estimate of drug-likeness (QED) is 0.773. The van der Waals surface area contributed by atoms with E-state index >= 15 is 0 Å². The minimum Gasteiger partial charge on any atom is -0.493 e. The van der Waals surface area contributed by atoms with Crippen LogP contribution in [-0.4, -0.2) is 63.8 Å². The molecule has 0 bridgehead atoms. The fourth-order valence-corrected chi connectivity index (χ4v) is 3.17. The summed E-state index contributed by atoms with van der Waals surface area (Å²) >= 11 is 0. The largest absolute Gasteiger partial charge is 0.493 e. The number of amides is 2. The average molecular weight is 398 g/mol. The monoisotopic (exact) mass is 398 g/mol. The number of nitrogens with one attached hydrogen (secondary N) is 1. The number of morpholine rings is 1. The molecule has 7 heteroatoms. The summed E-state index contributed by atoms with van der Waals surface area (Å²) in [6.07, 6.45) is 0.666. The number of ether oxygens (including phenoxy) is 3. The molecule has 1 N–H and O–H groups in total. The Morgan fingerprint density at radius 2 is 1.62 bits per heavy atom. The molecule has 0 unspecified atom stereocenters. The van der Waals surface area contributed by atoms with E-state index in [1.807, 2.05) is 18.2 Å². The summed E-state index contributed by atoms with van der Waals surface area (Å²) in [5.41, 5.74) is 2.14. The van der Waals surface area contributed by atoms with E-state index in [0.29, 0.717) is 61.9 Å². The van der Waals surface area contributed by atoms with E-state index in [4.69, 9.17) is 14.2 Å². The molecule has 2 aromatic rings. The molecule has 1 saturated heterocycles. The first-order valence-electron chi connectivity index (χ1n) is 9.58. The second kappa shape index (κ2) is 9.93. The Labute approximate surface area is 170 Å². The van der Waals surface area contributed by atoms with Crippen LogP contribution in [0.4, 0.5) is 0 Å². The summed E-state index contributed by atoms with van der Waals surface area (Å²) in [5, 5.41) is 2.90. The van der Waals surface area contributed by atoms with Gasteiger partial charge in [-0.25, -0.2) is 0 Å². The second-order valence-electron chi connectivity index (χ2n) is 6.68. The van der Waals surface area contributed by atoms with Crippen LogP contribution in [0.3, 0.4) is 0 Å². The van der Waals surface area contributed by atoms with Crippen molar-refractivity contribution in [2.75, 3.05) is 47.1 Å². The zero-order chi connectivity index (χ0) is 20.6. The van der Waals surface area contributed by atoms with Crippen LogP contribution in [-0.2, 0) is 11.2 Å². The number of nitrogens with zero attached hydrogens (tertiary/aromatic N) is 1. The summed E-state index contributed by atoms with van der Waals surface area (Å²) in [7, 11) is 3.19. The normalized spacial score (nSPS) is 13.7. The molecule has 29 heavy (non-hydrogen) atoms. The van der Waals surface area contributed by atoms with Crippen molar-refractivity contribution in [2.45, 2.75) is 6.42 Å². The molecule has 0 radical (unpaired) electrons. The van der Waals surface area contributed by atoms with Gasteiger partial charge in [-0.05, 0) is 48.4 Å². The maximum Gasteiger partial charge on any atom is 0.254 e. The van der Waals surface area contributed by atoms with Crippen molar-refractivity contribution < 1.29 is 23.8 Å². The van der Waals surface area contributed by atoms with Crippen LogP contribution in [0, 0.1) is 0 Å². The number of methoxy groups -OCH3 is 2. The average Bonchev–Trinajstić information content (AvgIpc) is 2.79. The first kappa shape index (κ1) is 20.7. The topological polar surface area (TPSA) is 77.1 Å². The third-order valence-corrected chi connectivity index (χ3v) is 4.84. The van der Waals surface area contributed by atoms with Gasteiger partial charge in [0.05, 0.1) is 27.4 Å². The molecule has 2 amide bonds. The van der Waals surface area contributed by atoms with Crippen LogP contribution in [0.2, 0.25) is 0 Å². The van der Waals surface area contributed by atoms with Gasteiger partial charge in [0.2, 0.25) is 0 Å². The van der Waals surface area contributed by atoms with Crippen LogP contribution in [0.1, 0.15) is 26.3 Å². The molecule has 1 aliphatic heterocycles. The van der Waals surface area contributed by atoms with E-state index in [9.17, 15) is 9.59 Å². The highest BCUT2D eigenvalue weighted by Crippen LogP contribution is 2.27. The van der Waals surface area contributed by atoms with Gasteiger partial charge >= 0.3 is 0 Å². The van der Waals surface area contributed by atoms with Crippen molar-refractivity contribution in [1.29, 1.82) is 0 Å². The number of hydrogen-bond donors (Lipinski definition) is 1. The van der Waals surface area contributed by atoms with Crippen molar-refractivity contribution in [3.05, 3.63) is 59.2 Å². The predicted octanol–water partition coefficient (Wildman–Crippen LogP) is 2.15. The van der Waals surface area contributed by atoms with E-state index in [2.05, 4.69) is 5.32 Å².